The lowest BCUT2D eigenvalue weighted by Gasteiger charge is -2.26. The minimum absolute atomic E-state index is 0.000697. The summed E-state index contributed by atoms with van der Waals surface area (Å²) in [6, 6.07) is 0.921. The van der Waals surface area contributed by atoms with E-state index in [0.29, 0.717) is 0 Å². The zero-order valence-electron chi connectivity index (χ0n) is 39.9. The van der Waals surface area contributed by atoms with Gasteiger partial charge < -0.3 is 70.6 Å². The number of nitrogens with one attached hydrogen (secondary N) is 3. The van der Waals surface area contributed by atoms with Crippen molar-refractivity contribution in [2.24, 2.45) is 13.0 Å². The maximum atomic E-state index is 13.6. The topological polar surface area (TPSA) is 536 Å². The van der Waals surface area contributed by atoms with Crippen LogP contribution in [0.2, 0.25) is 0 Å². The summed E-state index contributed by atoms with van der Waals surface area (Å²) >= 11 is 0. The van der Waals surface area contributed by atoms with Crippen LogP contribution >= 0.6 is 31.3 Å². The van der Waals surface area contributed by atoms with Crippen LogP contribution in [-0.4, -0.2) is 167 Å². The summed E-state index contributed by atoms with van der Waals surface area (Å²) in [7, 11) is -21.0. The number of aliphatic hydroxyl groups excluding tert-OH is 3. The molecule has 0 spiro atoms. The van der Waals surface area contributed by atoms with Gasteiger partial charge in [0.15, 0.2) is 23.9 Å². The number of hydrogen-bond acceptors (Lipinski definition) is 27. The van der Waals surface area contributed by atoms with Crippen LogP contribution in [0.25, 0.3) is 22.3 Å². The molecule has 38 nitrogen and oxygen atoms in total. The average molecular weight is 1180 g/mol. The number of fused-ring (bicyclic) bond motifs is 2. The Hall–Kier alpha value is -5.11. The second kappa shape index (κ2) is 22.6. The minimum atomic E-state index is -6.23. The third-order valence-electron chi connectivity index (χ3n) is 12.0. The number of rotatable bonds is 22. The number of nitrogens with two attached hydrogens (primary N) is 2. The number of aromatic amines is 2. The highest BCUT2D eigenvalue weighted by Gasteiger charge is 2.54. The summed E-state index contributed by atoms with van der Waals surface area (Å²) in [5.41, 5.74) is 9.17. The molecule has 16 atom stereocenters. The zero-order valence-corrected chi connectivity index (χ0v) is 43.4. The number of aryl methyl sites for hydroxylation is 1. The van der Waals surface area contributed by atoms with E-state index in [-0.39, 0.29) is 47.1 Å². The number of aliphatic hydroxyl groups is 3. The van der Waals surface area contributed by atoms with Crippen molar-refractivity contribution in [1.82, 2.24) is 48.9 Å². The largest absolute Gasteiger partial charge is 0.490 e. The predicted molar refractivity (Wildman–Crippen MR) is 249 cm³/mol. The van der Waals surface area contributed by atoms with Crippen LogP contribution in [0.15, 0.2) is 45.6 Å². The van der Waals surface area contributed by atoms with Crippen LogP contribution in [0.4, 0.5) is 11.8 Å². The fourth-order valence-corrected chi connectivity index (χ4v) is 13.0. The number of nitrogens with zero attached hydrogens (tertiary/aromatic N) is 8. The zero-order chi connectivity index (χ0) is 56.1. The summed E-state index contributed by atoms with van der Waals surface area (Å²) in [6.45, 7) is -2.12. The number of ether oxygens (including phenoxy) is 4. The molecule has 8 heterocycles. The van der Waals surface area contributed by atoms with Crippen molar-refractivity contribution in [2.45, 2.75) is 80.9 Å². The highest BCUT2D eigenvalue weighted by molar-refractivity contribution is 7.66. The molecule has 0 aliphatic carbocycles. The number of H-pyrrole nitrogens is 2. The first-order valence-corrected chi connectivity index (χ1v) is 28.3. The van der Waals surface area contributed by atoms with Crippen LogP contribution < -0.4 is 38.2 Å². The molecule has 3 aliphatic rings. The van der Waals surface area contributed by atoms with Crippen molar-refractivity contribution in [3.63, 3.8) is 0 Å². The second-order valence-electron chi connectivity index (χ2n) is 17.0. The van der Waals surface area contributed by atoms with E-state index in [2.05, 4.69) is 38.9 Å². The van der Waals surface area contributed by atoms with E-state index in [0.717, 1.165) is 36.6 Å². The van der Waals surface area contributed by atoms with Crippen molar-refractivity contribution in [3.05, 3.63) is 62.4 Å². The van der Waals surface area contributed by atoms with E-state index in [4.69, 9.17) is 48.5 Å². The number of carbonyl (C=O) groups is 1. The van der Waals surface area contributed by atoms with Gasteiger partial charge in [0.25, 0.3) is 16.7 Å². The highest BCUT2D eigenvalue weighted by atomic mass is 31.3. The number of amides is 1. The van der Waals surface area contributed by atoms with Crippen LogP contribution in [-0.2, 0) is 75.8 Å². The molecule has 8 rings (SSSR count). The monoisotopic (exact) mass is 1180 g/mol. The number of nitrogen functional groups attached to an aromatic ring is 2. The van der Waals surface area contributed by atoms with Gasteiger partial charge in [-0.05, 0) is 0 Å². The third kappa shape index (κ3) is 12.7. The fraction of sp³-hybridized carbons (Fsp3) is 0.571. The lowest BCUT2D eigenvalue weighted by Crippen LogP contribution is -2.39. The standard InChI is InChI=1S/C35H49N13O25P4/c1-4-18(49)38-7-14-15(68-31(22(14)51)48-13-45(2)21-29(48)43-34(37)44-30(21)54)8-66-75(58,59)72-77(62,63)73-76(60,61)67-10-17-25(26(64-3)33(70-17)47-12-41-20-27(36)39-11-40-28(20)47)71-74(56,57)65-9-16-23(52)24(53)32(69-16)46-6-5-19(50)42-35(46)55/h5-6,11-17,22-26,31-33,51-53H,4,7-10H2,1-3H3,(H10-,36,37,38,39,40,42,43,44,49,50,54,55,56,57,58,59,60,61,62,63)/p+1/t14-,15-,16-,17-,22-,23-,24-,25-,26-,31-,32-,33-/m1/s1. The number of anilines is 2. The Kier molecular flexibility index (Phi) is 17.0. The van der Waals surface area contributed by atoms with Crippen molar-refractivity contribution < 1.29 is 108 Å². The van der Waals surface area contributed by atoms with Crippen molar-refractivity contribution in [1.29, 1.82) is 0 Å². The van der Waals surface area contributed by atoms with Gasteiger partial charge in [0.05, 0.1) is 39.3 Å². The Morgan fingerprint density at radius 2 is 1.40 bits per heavy atom. The quantitative estimate of drug-likeness (QED) is 0.0231. The maximum absolute atomic E-state index is 13.6. The summed E-state index contributed by atoms with van der Waals surface area (Å²) in [6.07, 6.45) is -13.7. The molecule has 77 heavy (non-hydrogen) atoms. The number of imidazole rings is 2. The number of aromatic nitrogens is 10. The SMILES string of the molecule is CCC(=O)NC[C@H]1[C@@H](O)[C@H](n2c[n+](C)c3c(=O)[nH]c(N)nc32)O[C@@H]1COP(=O)(O)OP(=O)(O)OP(=O)(O)OC[C@H]1O[C@@H](n2cnc3c(N)ncnc32)[C@H](OC)[C@@H]1OP(=O)(O)OC[C@H]1O[C@@H](n2ccc(=O)[nH]c2=O)[C@H](O)[C@@H]1O. The Morgan fingerprint density at radius 1 is 0.779 bits per heavy atom. The first kappa shape index (κ1) is 58.0. The maximum Gasteiger partial charge on any atom is 0.490 e. The molecule has 0 bridgehead atoms. The first-order valence-electron chi connectivity index (χ1n) is 22.3. The summed E-state index contributed by atoms with van der Waals surface area (Å²) in [5, 5.41) is 35.3. The molecule has 3 fully saturated rings. The number of hydrogen-bond donors (Lipinski definition) is 12. The van der Waals surface area contributed by atoms with E-state index < -0.39 is 147 Å². The normalized spacial score (nSPS) is 29.8. The van der Waals surface area contributed by atoms with Gasteiger partial charge in [0.1, 0.15) is 54.6 Å². The molecule has 3 saturated heterocycles. The average Bonchev–Trinajstić information content (AvgIpc) is 4.19. The molecule has 14 N–H and O–H groups in total. The Balaban J connectivity index is 0.948. The van der Waals surface area contributed by atoms with Gasteiger partial charge in [-0.3, -0.25) is 51.6 Å². The van der Waals surface area contributed by atoms with E-state index in [1.54, 1.807) is 0 Å². The molecule has 42 heteroatoms. The van der Waals surface area contributed by atoms with Crippen LogP contribution in [0, 0.1) is 5.92 Å². The van der Waals surface area contributed by atoms with Crippen molar-refractivity contribution in [2.75, 3.05) is 44.9 Å². The van der Waals surface area contributed by atoms with Gasteiger partial charge in [0.2, 0.25) is 24.4 Å². The number of phosphoric ester groups is 3. The summed E-state index contributed by atoms with van der Waals surface area (Å²) in [5.74, 6) is -2.03. The lowest BCUT2D eigenvalue weighted by molar-refractivity contribution is -0.646. The van der Waals surface area contributed by atoms with Crippen LogP contribution in [0.5, 0.6) is 0 Å². The molecule has 0 aromatic carbocycles. The molecular weight excluding hydrogens is 1130 g/mol. The number of phosphoric acid groups is 4. The molecule has 0 radical (unpaired) electrons. The molecule has 424 valence electrons. The Morgan fingerprint density at radius 3 is 2.06 bits per heavy atom. The molecule has 5 aromatic rings. The van der Waals surface area contributed by atoms with E-state index >= 15 is 0 Å². The molecule has 1 amide bonds. The van der Waals surface area contributed by atoms with Gasteiger partial charge in [-0.25, -0.2) is 42.6 Å². The van der Waals surface area contributed by atoms with Gasteiger partial charge in [-0.2, -0.15) is 18.2 Å². The number of carbonyl (C=O) groups excluding carboxylic acids is 1. The summed E-state index contributed by atoms with van der Waals surface area (Å²) in [4.78, 5) is 112. The van der Waals surface area contributed by atoms with Gasteiger partial charge >= 0.3 is 42.5 Å². The molecule has 0 saturated carbocycles. The molecule has 4 unspecified atom stereocenters. The molecule has 3 aliphatic heterocycles. The lowest BCUT2D eigenvalue weighted by atomic mass is 9.98. The predicted octanol–water partition coefficient (Wildman–Crippen LogP) is -4.09. The Labute approximate surface area is 428 Å². The van der Waals surface area contributed by atoms with Crippen LogP contribution in [0.1, 0.15) is 32.0 Å². The molecule has 5 aromatic heterocycles. The first-order chi connectivity index (χ1) is 36.1. The molecular formula is C35H50N13O25P4+. The summed E-state index contributed by atoms with van der Waals surface area (Å²) < 4.78 is 109. The smallest absolute Gasteiger partial charge is 0.387 e. The van der Waals surface area contributed by atoms with Crippen molar-refractivity contribution in [3.8, 4) is 0 Å². The van der Waals surface area contributed by atoms with E-state index in [1.807, 2.05) is 4.98 Å². The Bertz CT molecular complexity index is 3390. The fourth-order valence-electron chi connectivity index (χ4n) is 8.48. The highest BCUT2D eigenvalue weighted by Crippen LogP contribution is 2.68. The van der Waals surface area contributed by atoms with E-state index in [1.165, 1.54) is 34.0 Å². The van der Waals surface area contributed by atoms with Gasteiger partial charge in [-0.1, -0.05) is 6.92 Å². The van der Waals surface area contributed by atoms with Crippen LogP contribution in [0.3, 0.4) is 0 Å². The minimum Gasteiger partial charge on any atom is -0.387 e. The van der Waals surface area contributed by atoms with E-state index in [9.17, 15) is 72.3 Å². The van der Waals surface area contributed by atoms with Crippen molar-refractivity contribution >= 4 is 71.3 Å². The van der Waals surface area contributed by atoms with Gasteiger partial charge in [-0.15, -0.1) is 0 Å². The number of methoxy groups -OCH3 is 1. The van der Waals surface area contributed by atoms with Gasteiger partial charge in [0, 0.05) is 38.3 Å². The third-order valence-corrected chi connectivity index (χ3v) is 17.2. The second-order valence-corrected chi connectivity index (χ2v) is 23.1.